The van der Waals surface area contributed by atoms with Crippen LogP contribution in [-0.2, 0) is 15.1 Å². The van der Waals surface area contributed by atoms with E-state index in [2.05, 4.69) is 20.9 Å². The van der Waals surface area contributed by atoms with Crippen molar-refractivity contribution < 1.29 is 9.47 Å². The summed E-state index contributed by atoms with van der Waals surface area (Å²) < 4.78 is 12.0. The molecular formula is C23H29Cl2N3O2. The fraction of sp³-hybridized carbons (Fsp3) is 0.522. The SMILES string of the molecule is Clc1cccc(N2CCN(CCCOC3(c4ccccn4)CCOCC3)CC2)c1Cl. The number of anilines is 1. The van der Waals surface area contributed by atoms with Gasteiger partial charge in [-0.15, -0.1) is 0 Å². The van der Waals surface area contributed by atoms with Crippen LogP contribution in [0.2, 0.25) is 10.0 Å². The van der Waals surface area contributed by atoms with E-state index in [0.29, 0.717) is 10.0 Å². The molecule has 30 heavy (non-hydrogen) atoms. The lowest BCUT2D eigenvalue weighted by molar-refractivity contribution is -0.120. The third kappa shape index (κ3) is 5.09. The molecule has 0 amide bonds. The van der Waals surface area contributed by atoms with Crippen molar-refractivity contribution in [2.24, 2.45) is 0 Å². The van der Waals surface area contributed by atoms with E-state index in [1.54, 1.807) is 0 Å². The molecule has 4 rings (SSSR count). The summed E-state index contributed by atoms with van der Waals surface area (Å²) in [6.45, 7) is 7.16. The fourth-order valence-corrected chi connectivity index (χ4v) is 4.73. The first-order valence-electron chi connectivity index (χ1n) is 10.7. The largest absolute Gasteiger partial charge is 0.381 e. The van der Waals surface area contributed by atoms with E-state index >= 15 is 0 Å². The van der Waals surface area contributed by atoms with Crippen molar-refractivity contribution in [3.63, 3.8) is 0 Å². The molecule has 0 radical (unpaired) electrons. The van der Waals surface area contributed by atoms with Crippen LogP contribution in [0, 0.1) is 0 Å². The van der Waals surface area contributed by atoms with Crippen LogP contribution in [0.1, 0.15) is 25.0 Å². The number of piperazine rings is 1. The molecule has 0 N–H and O–H groups in total. The van der Waals surface area contributed by atoms with Crippen LogP contribution in [-0.4, -0.2) is 62.4 Å². The molecule has 7 heteroatoms. The maximum atomic E-state index is 6.46. The van der Waals surface area contributed by atoms with Gasteiger partial charge in [0.2, 0.25) is 0 Å². The Morgan fingerprint density at radius 2 is 1.80 bits per heavy atom. The Hall–Kier alpha value is -1.37. The number of aromatic nitrogens is 1. The van der Waals surface area contributed by atoms with Gasteiger partial charge in [0.15, 0.2) is 0 Å². The molecule has 0 unspecified atom stereocenters. The number of hydrogen-bond acceptors (Lipinski definition) is 5. The van der Waals surface area contributed by atoms with Gasteiger partial charge in [-0.05, 0) is 30.7 Å². The molecule has 2 aliphatic heterocycles. The molecule has 2 fully saturated rings. The molecule has 0 aliphatic carbocycles. The second-order valence-electron chi connectivity index (χ2n) is 7.93. The lowest BCUT2D eigenvalue weighted by Crippen LogP contribution is -2.47. The van der Waals surface area contributed by atoms with Gasteiger partial charge in [0, 0.05) is 71.6 Å². The Labute approximate surface area is 188 Å². The van der Waals surface area contributed by atoms with E-state index in [0.717, 1.165) is 83.2 Å². The van der Waals surface area contributed by atoms with Crippen molar-refractivity contribution in [1.82, 2.24) is 9.88 Å². The van der Waals surface area contributed by atoms with Gasteiger partial charge in [-0.3, -0.25) is 9.88 Å². The van der Waals surface area contributed by atoms with Crippen LogP contribution in [0.4, 0.5) is 5.69 Å². The van der Waals surface area contributed by atoms with E-state index < -0.39 is 0 Å². The highest BCUT2D eigenvalue weighted by molar-refractivity contribution is 6.43. The van der Waals surface area contributed by atoms with Gasteiger partial charge >= 0.3 is 0 Å². The molecule has 0 bridgehead atoms. The van der Waals surface area contributed by atoms with Crippen LogP contribution in [0.3, 0.4) is 0 Å². The van der Waals surface area contributed by atoms with Gasteiger partial charge in [-0.1, -0.05) is 35.3 Å². The lowest BCUT2D eigenvalue weighted by Gasteiger charge is -2.38. The smallest absolute Gasteiger partial charge is 0.114 e. The lowest BCUT2D eigenvalue weighted by atomic mass is 9.90. The summed E-state index contributed by atoms with van der Waals surface area (Å²) >= 11 is 12.6. The molecule has 1 aromatic carbocycles. The van der Waals surface area contributed by atoms with Gasteiger partial charge in [0.05, 0.1) is 21.4 Å². The molecule has 5 nitrogen and oxygen atoms in total. The summed E-state index contributed by atoms with van der Waals surface area (Å²) in [6.07, 6.45) is 4.58. The normalized spacial score (nSPS) is 19.7. The number of nitrogens with zero attached hydrogens (tertiary/aromatic N) is 3. The van der Waals surface area contributed by atoms with E-state index in [-0.39, 0.29) is 5.60 Å². The third-order valence-corrected chi connectivity index (χ3v) is 6.88. The van der Waals surface area contributed by atoms with Gasteiger partial charge in [-0.2, -0.15) is 0 Å². The predicted octanol–water partition coefficient (Wildman–Crippen LogP) is 4.62. The topological polar surface area (TPSA) is 37.8 Å². The Morgan fingerprint density at radius 1 is 1.00 bits per heavy atom. The first kappa shape index (κ1) is 21.8. The number of benzene rings is 1. The number of hydrogen-bond donors (Lipinski definition) is 0. The monoisotopic (exact) mass is 449 g/mol. The second-order valence-corrected chi connectivity index (χ2v) is 8.71. The number of halogens is 2. The average molecular weight is 450 g/mol. The Balaban J connectivity index is 1.25. The van der Waals surface area contributed by atoms with Crippen LogP contribution in [0.25, 0.3) is 0 Å². The van der Waals surface area contributed by atoms with E-state index in [1.165, 1.54) is 0 Å². The molecule has 0 saturated carbocycles. The van der Waals surface area contributed by atoms with E-state index in [4.69, 9.17) is 32.7 Å². The highest BCUT2D eigenvalue weighted by Gasteiger charge is 2.36. The van der Waals surface area contributed by atoms with Crippen LogP contribution < -0.4 is 4.90 Å². The van der Waals surface area contributed by atoms with Crippen LogP contribution in [0.15, 0.2) is 42.6 Å². The molecule has 0 spiro atoms. The number of pyridine rings is 1. The van der Waals surface area contributed by atoms with Crippen molar-refractivity contribution in [2.45, 2.75) is 24.9 Å². The maximum absolute atomic E-state index is 6.46. The van der Waals surface area contributed by atoms with Crippen LogP contribution >= 0.6 is 23.2 Å². The van der Waals surface area contributed by atoms with Crippen molar-refractivity contribution in [3.05, 3.63) is 58.3 Å². The second kappa shape index (κ2) is 10.3. The molecule has 0 atom stereocenters. The first-order chi connectivity index (χ1) is 14.7. The van der Waals surface area contributed by atoms with E-state index in [1.807, 2.05) is 36.5 Å². The summed E-state index contributed by atoms with van der Waals surface area (Å²) in [5.74, 6) is 0. The van der Waals surface area contributed by atoms with Crippen LogP contribution in [0.5, 0.6) is 0 Å². The highest BCUT2D eigenvalue weighted by Crippen LogP contribution is 2.35. The minimum absolute atomic E-state index is 0.304. The van der Waals surface area contributed by atoms with E-state index in [9.17, 15) is 0 Å². The molecular weight excluding hydrogens is 421 g/mol. The summed E-state index contributed by atoms with van der Waals surface area (Å²) in [7, 11) is 0. The van der Waals surface area contributed by atoms with Crippen molar-refractivity contribution >= 4 is 28.9 Å². The zero-order valence-electron chi connectivity index (χ0n) is 17.2. The highest BCUT2D eigenvalue weighted by atomic mass is 35.5. The van der Waals surface area contributed by atoms with Crippen molar-refractivity contribution in [2.75, 3.05) is 57.4 Å². The maximum Gasteiger partial charge on any atom is 0.114 e. The van der Waals surface area contributed by atoms with Crippen molar-refractivity contribution in [3.8, 4) is 0 Å². The fourth-order valence-electron chi connectivity index (χ4n) is 4.31. The number of rotatable bonds is 7. The molecule has 1 aromatic heterocycles. The van der Waals surface area contributed by atoms with Gasteiger partial charge < -0.3 is 14.4 Å². The van der Waals surface area contributed by atoms with Gasteiger partial charge in [0.25, 0.3) is 0 Å². The molecule has 2 aromatic rings. The minimum atomic E-state index is -0.304. The molecule has 2 aliphatic rings. The Morgan fingerprint density at radius 3 is 2.53 bits per heavy atom. The Bertz CT molecular complexity index is 807. The summed E-state index contributed by atoms with van der Waals surface area (Å²) in [6, 6.07) is 11.9. The summed E-state index contributed by atoms with van der Waals surface area (Å²) in [5, 5.41) is 1.26. The van der Waals surface area contributed by atoms with Crippen molar-refractivity contribution in [1.29, 1.82) is 0 Å². The third-order valence-electron chi connectivity index (χ3n) is 6.07. The van der Waals surface area contributed by atoms with Gasteiger partial charge in [0.1, 0.15) is 5.60 Å². The standard InChI is InChI=1S/C23H29Cl2N3O2/c24-19-5-3-6-20(22(19)25)28-14-12-27(13-15-28)11-4-16-30-23(8-17-29-18-9-23)21-7-1-2-10-26-21/h1-3,5-7,10H,4,8-9,11-18H2. The predicted molar refractivity (Wildman–Crippen MR) is 122 cm³/mol. The zero-order chi connectivity index (χ0) is 20.8. The number of ether oxygens (including phenoxy) is 2. The van der Waals surface area contributed by atoms with Gasteiger partial charge in [-0.25, -0.2) is 0 Å². The minimum Gasteiger partial charge on any atom is -0.381 e. The molecule has 2 saturated heterocycles. The molecule has 3 heterocycles. The first-order valence-corrected chi connectivity index (χ1v) is 11.5. The molecule has 162 valence electrons. The Kier molecular flexibility index (Phi) is 7.50. The zero-order valence-corrected chi connectivity index (χ0v) is 18.7. The summed E-state index contributed by atoms with van der Waals surface area (Å²) in [5.41, 5.74) is 1.76. The quantitative estimate of drug-likeness (QED) is 0.576. The summed E-state index contributed by atoms with van der Waals surface area (Å²) in [4.78, 5) is 9.39. The average Bonchev–Trinajstić information content (AvgIpc) is 2.80.